The molecule has 0 radical (unpaired) electrons. The Morgan fingerprint density at radius 1 is 0.947 bits per heavy atom. The predicted octanol–water partition coefficient (Wildman–Crippen LogP) is 4.20. The SMILES string of the molecule is CC(C)(C)c1cc(/C=C/C=O)cc(C(C)(C)C)c1O. The Labute approximate surface area is 116 Å². The smallest absolute Gasteiger partial charge is 0.142 e. The first-order valence-corrected chi connectivity index (χ1v) is 6.57. The van der Waals surface area contributed by atoms with Crippen molar-refractivity contribution in [2.75, 3.05) is 0 Å². The average molecular weight is 260 g/mol. The number of aldehydes is 1. The minimum Gasteiger partial charge on any atom is -0.507 e. The summed E-state index contributed by atoms with van der Waals surface area (Å²) in [5.74, 6) is 0.364. The van der Waals surface area contributed by atoms with E-state index in [4.69, 9.17) is 0 Å². The van der Waals surface area contributed by atoms with Gasteiger partial charge in [0.2, 0.25) is 0 Å². The molecule has 1 N–H and O–H groups in total. The summed E-state index contributed by atoms with van der Waals surface area (Å²) in [5.41, 5.74) is 2.47. The summed E-state index contributed by atoms with van der Waals surface area (Å²) in [7, 11) is 0. The van der Waals surface area contributed by atoms with Crippen molar-refractivity contribution in [3.8, 4) is 5.75 Å². The van der Waals surface area contributed by atoms with Gasteiger partial charge in [0.05, 0.1) is 0 Å². The van der Waals surface area contributed by atoms with E-state index >= 15 is 0 Å². The van der Waals surface area contributed by atoms with Gasteiger partial charge in [-0.15, -0.1) is 0 Å². The maximum Gasteiger partial charge on any atom is 0.142 e. The summed E-state index contributed by atoms with van der Waals surface area (Å²) in [6.45, 7) is 12.4. The van der Waals surface area contributed by atoms with Gasteiger partial charge >= 0.3 is 0 Å². The Morgan fingerprint density at radius 2 is 1.37 bits per heavy atom. The normalized spacial score (nSPS) is 12.9. The van der Waals surface area contributed by atoms with E-state index in [-0.39, 0.29) is 10.8 Å². The van der Waals surface area contributed by atoms with Crippen LogP contribution in [0.5, 0.6) is 5.75 Å². The number of aromatic hydroxyl groups is 1. The maximum atomic E-state index is 10.5. The van der Waals surface area contributed by atoms with Crippen LogP contribution in [0.1, 0.15) is 58.2 Å². The Bertz CT molecular complexity index is 462. The molecule has 0 aliphatic rings. The van der Waals surface area contributed by atoms with E-state index in [1.807, 2.05) is 12.1 Å². The zero-order chi connectivity index (χ0) is 14.8. The first-order chi connectivity index (χ1) is 8.57. The molecule has 0 atom stereocenters. The third-order valence-corrected chi connectivity index (χ3v) is 3.12. The van der Waals surface area contributed by atoms with Crippen LogP contribution in [0.15, 0.2) is 18.2 Å². The number of hydrogen-bond donors (Lipinski definition) is 1. The summed E-state index contributed by atoms with van der Waals surface area (Å²) < 4.78 is 0. The predicted molar refractivity (Wildman–Crippen MR) is 80.6 cm³/mol. The molecule has 104 valence electrons. The van der Waals surface area contributed by atoms with Crippen LogP contribution in [0, 0.1) is 0 Å². The van der Waals surface area contributed by atoms with E-state index in [1.54, 1.807) is 6.08 Å². The van der Waals surface area contributed by atoms with Crippen molar-refractivity contribution in [2.24, 2.45) is 0 Å². The number of benzene rings is 1. The van der Waals surface area contributed by atoms with Gasteiger partial charge in [-0.2, -0.15) is 0 Å². The maximum absolute atomic E-state index is 10.5. The fraction of sp³-hybridized carbons (Fsp3) is 0.471. The molecule has 1 rings (SSSR count). The molecular formula is C17H24O2. The van der Waals surface area contributed by atoms with Gasteiger partial charge in [-0.25, -0.2) is 0 Å². The summed E-state index contributed by atoms with van der Waals surface area (Å²) in [4.78, 5) is 10.5. The van der Waals surface area contributed by atoms with Crippen molar-refractivity contribution in [3.05, 3.63) is 34.9 Å². The lowest BCUT2D eigenvalue weighted by Crippen LogP contribution is -2.17. The van der Waals surface area contributed by atoms with Gasteiger partial charge in [0, 0.05) is 11.1 Å². The van der Waals surface area contributed by atoms with Crippen LogP contribution >= 0.6 is 0 Å². The van der Waals surface area contributed by atoms with Gasteiger partial charge in [0.25, 0.3) is 0 Å². The van der Waals surface area contributed by atoms with Gasteiger partial charge < -0.3 is 5.11 Å². The molecule has 1 aromatic rings. The summed E-state index contributed by atoms with van der Waals surface area (Å²) >= 11 is 0. The Morgan fingerprint density at radius 3 is 1.68 bits per heavy atom. The summed E-state index contributed by atoms with van der Waals surface area (Å²) in [6, 6.07) is 3.90. The van der Waals surface area contributed by atoms with Gasteiger partial charge in [0.1, 0.15) is 12.0 Å². The van der Waals surface area contributed by atoms with E-state index in [0.717, 1.165) is 23.0 Å². The minimum absolute atomic E-state index is 0.144. The molecule has 0 unspecified atom stereocenters. The number of allylic oxidation sites excluding steroid dienone is 1. The van der Waals surface area contributed by atoms with E-state index < -0.39 is 0 Å². The van der Waals surface area contributed by atoms with Crippen molar-refractivity contribution >= 4 is 12.4 Å². The van der Waals surface area contributed by atoms with Gasteiger partial charge in [-0.3, -0.25) is 4.79 Å². The molecule has 0 aliphatic carbocycles. The Balaban J connectivity index is 3.57. The minimum atomic E-state index is -0.144. The molecule has 0 heterocycles. The van der Waals surface area contributed by atoms with Gasteiger partial charge in [-0.1, -0.05) is 47.6 Å². The lowest BCUT2D eigenvalue weighted by molar-refractivity contribution is -0.104. The quantitative estimate of drug-likeness (QED) is 0.639. The number of phenolic OH excluding ortho intramolecular Hbond substituents is 1. The molecule has 0 fully saturated rings. The Hall–Kier alpha value is -1.57. The van der Waals surface area contributed by atoms with Crippen molar-refractivity contribution in [3.63, 3.8) is 0 Å². The second-order valence-electron chi connectivity index (χ2n) is 6.96. The summed E-state index contributed by atoms with van der Waals surface area (Å²) in [5, 5.41) is 10.5. The van der Waals surface area contributed by atoms with Crippen molar-refractivity contribution in [1.82, 2.24) is 0 Å². The monoisotopic (exact) mass is 260 g/mol. The lowest BCUT2D eigenvalue weighted by atomic mass is 9.78. The third-order valence-electron chi connectivity index (χ3n) is 3.12. The van der Waals surface area contributed by atoms with Crippen molar-refractivity contribution in [2.45, 2.75) is 52.4 Å². The molecule has 1 aromatic carbocycles. The van der Waals surface area contributed by atoms with E-state index in [2.05, 4.69) is 41.5 Å². The third kappa shape index (κ3) is 3.69. The highest BCUT2D eigenvalue weighted by Gasteiger charge is 2.25. The molecule has 0 bridgehead atoms. The number of phenols is 1. The van der Waals surface area contributed by atoms with E-state index in [9.17, 15) is 9.90 Å². The topological polar surface area (TPSA) is 37.3 Å². The van der Waals surface area contributed by atoms with Crippen LogP contribution in [0.25, 0.3) is 6.08 Å². The van der Waals surface area contributed by atoms with Crippen molar-refractivity contribution < 1.29 is 9.90 Å². The molecule has 0 saturated carbocycles. The second kappa shape index (κ2) is 5.20. The molecule has 0 amide bonds. The van der Waals surface area contributed by atoms with Crippen LogP contribution in [-0.2, 0) is 15.6 Å². The molecule has 0 aliphatic heterocycles. The lowest BCUT2D eigenvalue weighted by Gasteiger charge is -2.27. The zero-order valence-corrected chi connectivity index (χ0v) is 12.7. The average Bonchev–Trinajstić information content (AvgIpc) is 2.24. The first-order valence-electron chi connectivity index (χ1n) is 6.57. The number of carbonyl (C=O) groups excluding carboxylic acids is 1. The van der Waals surface area contributed by atoms with Crippen LogP contribution in [-0.4, -0.2) is 11.4 Å². The molecule has 0 saturated heterocycles. The van der Waals surface area contributed by atoms with Crippen molar-refractivity contribution in [1.29, 1.82) is 0 Å². The Kier molecular flexibility index (Phi) is 4.24. The molecule has 19 heavy (non-hydrogen) atoms. The first kappa shape index (κ1) is 15.5. The highest BCUT2D eigenvalue weighted by Crippen LogP contribution is 2.39. The highest BCUT2D eigenvalue weighted by molar-refractivity contribution is 5.74. The molecular weight excluding hydrogens is 236 g/mol. The zero-order valence-electron chi connectivity index (χ0n) is 12.7. The van der Waals surface area contributed by atoms with Crippen LogP contribution in [0.2, 0.25) is 0 Å². The number of rotatable bonds is 2. The standard InChI is InChI=1S/C17H24O2/c1-16(2,3)13-10-12(8-7-9-18)11-14(15(13)19)17(4,5)6/h7-11,19H,1-6H3/b8-7+. The van der Waals surface area contributed by atoms with Crippen LogP contribution in [0.4, 0.5) is 0 Å². The molecule has 2 heteroatoms. The fourth-order valence-electron chi connectivity index (χ4n) is 2.05. The van der Waals surface area contributed by atoms with E-state index in [0.29, 0.717) is 5.75 Å². The highest BCUT2D eigenvalue weighted by atomic mass is 16.3. The molecule has 0 spiro atoms. The van der Waals surface area contributed by atoms with E-state index in [1.165, 1.54) is 6.08 Å². The number of hydrogen-bond acceptors (Lipinski definition) is 2. The fourth-order valence-corrected chi connectivity index (χ4v) is 2.05. The summed E-state index contributed by atoms with van der Waals surface area (Å²) in [6.07, 6.45) is 4.02. The van der Waals surface area contributed by atoms with Crippen LogP contribution in [0.3, 0.4) is 0 Å². The molecule has 0 aromatic heterocycles. The van der Waals surface area contributed by atoms with Gasteiger partial charge in [0.15, 0.2) is 0 Å². The number of carbonyl (C=O) groups is 1. The van der Waals surface area contributed by atoms with Crippen LogP contribution < -0.4 is 0 Å². The second-order valence-corrected chi connectivity index (χ2v) is 6.96. The molecule has 2 nitrogen and oxygen atoms in total. The largest absolute Gasteiger partial charge is 0.507 e. The van der Waals surface area contributed by atoms with Gasteiger partial charge in [-0.05, 0) is 34.6 Å².